The number of rotatable bonds is 5. The quantitative estimate of drug-likeness (QED) is 0.781. The van der Waals surface area contributed by atoms with Gasteiger partial charge >= 0.3 is 7.12 Å². The van der Waals surface area contributed by atoms with Crippen molar-refractivity contribution in [3.8, 4) is 0 Å². The molecule has 24 heavy (non-hydrogen) atoms. The first-order valence-corrected chi connectivity index (χ1v) is 9.29. The van der Waals surface area contributed by atoms with E-state index in [0.29, 0.717) is 5.46 Å². The van der Waals surface area contributed by atoms with Crippen LogP contribution in [0.3, 0.4) is 0 Å². The summed E-state index contributed by atoms with van der Waals surface area (Å²) in [5, 5.41) is 18.7. The molecule has 0 spiro atoms. The molecule has 5 heteroatoms. The standard InChI is InChI=1S/C14H22BNO2.C5H10.Fe/c1-16(10-12-6-2-3-7-12)11-13-8-4-5-9-14(13)15(17)18;1-2-4-5-3-1;/h4-5,8-9,12,17-18H,2-3,6-7,10-11H2,1H3;1-5H2;. The van der Waals surface area contributed by atoms with E-state index < -0.39 is 7.12 Å². The van der Waals surface area contributed by atoms with Gasteiger partial charge in [-0.15, -0.1) is 0 Å². The summed E-state index contributed by atoms with van der Waals surface area (Å²) < 4.78 is 0. The second kappa shape index (κ2) is 12.1. The van der Waals surface area contributed by atoms with E-state index in [1.54, 1.807) is 6.07 Å². The van der Waals surface area contributed by atoms with Crippen LogP contribution in [-0.4, -0.2) is 35.7 Å². The van der Waals surface area contributed by atoms with Crippen LogP contribution < -0.4 is 5.46 Å². The first-order chi connectivity index (χ1) is 11.2. The molecule has 0 heterocycles. The SMILES string of the molecule is C1CCCC1.CN(Cc1ccccc1B(O)O)CC1CCCC1.[Fe]. The van der Waals surface area contributed by atoms with Crippen LogP contribution in [0.5, 0.6) is 0 Å². The molecule has 3 nitrogen and oxygen atoms in total. The van der Waals surface area contributed by atoms with E-state index in [1.165, 1.54) is 57.8 Å². The van der Waals surface area contributed by atoms with Gasteiger partial charge in [0.2, 0.25) is 0 Å². The van der Waals surface area contributed by atoms with Gasteiger partial charge in [0.25, 0.3) is 0 Å². The summed E-state index contributed by atoms with van der Waals surface area (Å²) in [6.07, 6.45) is 12.9. The Morgan fingerprint density at radius 1 is 0.958 bits per heavy atom. The maximum Gasteiger partial charge on any atom is 0.488 e. The van der Waals surface area contributed by atoms with Crippen LogP contribution in [0.2, 0.25) is 0 Å². The van der Waals surface area contributed by atoms with Crippen LogP contribution >= 0.6 is 0 Å². The summed E-state index contributed by atoms with van der Waals surface area (Å²) >= 11 is 0. The minimum Gasteiger partial charge on any atom is -0.423 e. The van der Waals surface area contributed by atoms with Gasteiger partial charge in [-0.3, -0.25) is 0 Å². The molecule has 0 radical (unpaired) electrons. The molecule has 0 aliphatic heterocycles. The fraction of sp³-hybridized carbons (Fsp3) is 0.684. The zero-order chi connectivity index (χ0) is 16.5. The van der Waals surface area contributed by atoms with Gasteiger partial charge < -0.3 is 14.9 Å². The molecule has 0 unspecified atom stereocenters. The molecule has 2 N–H and O–H groups in total. The molecule has 2 aliphatic rings. The zero-order valence-electron chi connectivity index (χ0n) is 14.9. The Labute approximate surface area is 158 Å². The Bertz CT molecular complexity index is 441. The van der Waals surface area contributed by atoms with E-state index in [2.05, 4.69) is 11.9 Å². The molecule has 0 atom stereocenters. The third-order valence-corrected chi connectivity index (χ3v) is 5.07. The molecule has 2 saturated carbocycles. The monoisotopic (exact) mass is 373 g/mol. The number of hydrogen-bond donors (Lipinski definition) is 2. The van der Waals surface area contributed by atoms with Crippen LogP contribution in [0.1, 0.15) is 63.4 Å². The van der Waals surface area contributed by atoms with Gasteiger partial charge in [0, 0.05) is 30.2 Å². The van der Waals surface area contributed by atoms with Crippen molar-refractivity contribution in [3.05, 3.63) is 29.8 Å². The van der Waals surface area contributed by atoms with Gasteiger partial charge in [-0.05, 0) is 36.8 Å². The maximum absolute atomic E-state index is 9.34. The molecular weight excluding hydrogens is 341 g/mol. The predicted molar refractivity (Wildman–Crippen MR) is 97.6 cm³/mol. The molecule has 0 amide bonds. The van der Waals surface area contributed by atoms with Crippen LogP contribution in [0.4, 0.5) is 0 Å². The smallest absolute Gasteiger partial charge is 0.423 e. The normalized spacial score (nSPS) is 17.3. The fourth-order valence-corrected chi connectivity index (χ4v) is 3.80. The number of nitrogens with zero attached hydrogens (tertiary/aromatic N) is 1. The van der Waals surface area contributed by atoms with E-state index in [-0.39, 0.29) is 17.1 Å². The molecule has 2 aliphatic carbocycles. The first-order valence-electron chi connectivity index (χ1n) is 9.29. The second-order valence-electron chi connectivity index (χ2n) is 7.19. The maximum atomic E-state index is 9.34. The Morgan fingerprint density at radius 3 is 2.04 bits per heavy atom. The average Bonchev–Trinajstić information content (AvgIpc) is 3.23. The largest absolute Gasteiger partial charge is 0.488 e. The van der Waals surface area contributed by atoms with Crippen molar-refractivity contribution in [2.24, 2.45) is 5.92 Å². The number of benzene rings is 1. The van der Waals surface area contributed by atoms with Crippen LogP contribution in [0.25, 0.3) is 0 Å². The van der Waals surface area contributed by atoms with E-state index >= 15 is 0 Å². The van der Waals surface area contributed by atoms with Gasteiger partial charge in [0.05, 0.1) is 0 Å². The van der Waals surface area contributed by atoms with E-state index in [1.807, 2.05) is 18.2 Å². The van der Waals surface area contributed by atoms with Gasteiger partial charge in [-0.2, -0.15) is 0 Å². The van der Waals surface area contributed by atoms with Crippen LogP contribution in [-0.2, 0) is 23.6 Å². The predicted octanol–water partition coefficient (Wildman–Crippen LogP) is 2.94. The van der Waals surface area contributed by atoms with Gasteiger partial charge in [0.1, 0.15) is 0 Å². The summed E-state index contributed by atoms with van der Waals surface area (Å²) in [6, 6.07) is 7.54. The van der Waals surface area contributed by atoms with Gasteiger partial charge in [-0.25, -0.2) is 0 Å². The van der Waals surface area contributed by atoms with Crippen LogP contribution in [0.15, 0.2) is 24.3 Å². The third-order valence-electron chi connectivity index (χ3n) is 5.07. The van der Waals surface area contributed by atoms with Gasteiger partial charge in [-0.1, -0.05) is 69.2 Å². The van der Waals surface area contributed by atoms with Crippen molar-refractivity contribution in [1.82, 2.24) is 4.90 Å². The summed E-state index contributed by atoms with van der Waals surface area (Å²) in [7, 11) is 0.736. The number of hydrogen-bond acceptors (Lipinski definition) is 3. The molecule has 136 valence electrons. The second-order valence-corrected chi connectivity index (χ2v) is 7.19. The average molecular weight is 373 g/mol. The molecule has 2 fully saturated rings. The molecule has 3 rings (SSSR count). The molecule has 1 aromatic rings. The van der Waals surface area contributed by atoms with E-state index in [9.17, 15) is 10.0 Å². The van der Waals surface area contributed by atoms with Crippen molar-refractivity contribution >= 4 is 12.6 Å². The molecule has 0 bridgehead atoms. The first kappa shape index (κ1) is 21.7. The molecular formula is C19H32BFeNO2. The molecule has 0 aromatic heterocycles. The Kier molecular flexibility index (Phi) is 11.0. The van der Waals surface area contributed by atoms with Crippen molar-refractivity contribution in [1.29, 1.82) is 0 Å². The topological polar surface area (TPSA) is 43.7 Å². The van der Waals surface area contributed by atoms with E-state index in [0.717, 1.165) is 24.6 Å². The van der Waals surface area contributed by atoms with Crippen LogP contribution in [0, 0.1) is 5.92 Å². The third kappa shape index (κ3) is 7.71. The zero-order valence-corrected chi connectivity index (χ0v) is 16.0. The summed E-state index contributed by atoms with van der Waals surface area (Å²) in [6.45, 7) is 1.89. The fourth-order valence-electron chi connectivity index (χ4n) is 3.80. The van der Waals surface area contributed by atoms with Crippen molar-refractivity contribution < 1.29 is 27.1 Å². The summed E-state index contributed by atoms with van der Waals surface area (Å²) in [5.41, 5.74) is 1.63. The minimum atomic E-state index is -1.37. The van der Waals surface area contributed by atoms with E-state index in [4.69, 9.17) is 0 Å². The Morgan fingerprint density at radius 2 is 1.50 bits per heavy atom. The Balaban J connectivity index is 0.000000412. The van der Waals surface area contributed by atoms with Crippen molar-refractivity contribution in [3.63, 3.8) is 0 Å². The molecule has 0 saturated heterocycles. The molecule has 1 aromatic carbocycles. The Hall–Kier alpha value is -0.316. The summed E-state index contributed by atoms with van der Waals surface area (Å²) in [5.74, 6) is 0.821. The van der Waals surface area contributed by atoms with Crippen molar-refractivity contribution in [2.75, 3.05) is 13.6 Å². The van der Waals surface area contributed by atoms with Gasteiger partial charge in [0.15, 0.2) is 0 Å². The minimum absolute atomic E-state index is 0. The van der Waals surface area contributed by atoms with Crippen molar-refractivity contribution in [2.45, 2.75) is 64.3 Å². The summed E-state index contributed by atoms with van der Waals surface area (Å²) in [4.78, 5) is 2.29.